The molecule has 0 aliphatic heterocycles. The number of rotatable bonds is 4. The van der Waals surface area contributed by atoms with Crippen molar-refractivity contribution in [2.75, 3.05) is 0 Å². The van der Waals surface area contributed by atoms with Crippen molar-refractivity contribution < 1.29 is 0 Å². The first-order valence-electron chi connectivity index (χ1n) is 20.4. The molecule has 13 rings (SSSR count). The minimum atomic E-state index is 0.575. The van der Waals surface area contributed by atoms with Gasteiger partial charge in [0.05, 0.1) is 22.1 Å². The lowest BCUT2D eigenvalue weighted by Gasteiger charge is -2.17. The third kappa shape index (κ3) is 4.60. The van der Waals surface area contributed by atoms with Crippen LogP contribution in [0.3, 0.4) is 0 Å². The van der Waals surface area contributed by atoms with E-state index in [2.05, 4.69) is 191 Å². The second-order valence-corrected chi connectivity index (χ2v) is 15.5. The van der Waals surface area contributed by atoms with Gasteiger partial charge in [0, 0.05) is 54.5 Å². The second kappa shape index (κ2) is 12.7. The summed E-state index contributed by atoms with van der Waals surface area (Å²) < 4.78 is 4.77. The SMILES string of the molecule is c1ccc(-c2nc(-c3cccc4ccccc34)nc(-n3c4ccccc4c4c5c6ccccc6c6c7ccccc7n(-c7ccccc7)c6c5c5ccccc5c43)n2)cc1. The summed E-state index contributed by atoms with van der Waals surface area (Å²) >= 11 is 0. The highest BCUT2D eigenvalue weighted by atomic mass is 15.2. The lowest BCUT2D eigenvalue weighted by molar-refractivity contribution is 0.956. The Bertz CT molecular complexity index is 3880. The molecule has 0 N–H and O–H groups in total. The Labute approximate surface area is 344 Å². The van der Waals surface area contributed by atoms with Crippen molar-refractivity contribution in [1.82, 2.24) is 24.1 Å². The van der Waals surface area contributed by atoms with Gasteiger partial charge in [0.2, 0.25) is 5.95 Å². The van der Waals surface area contributed by atoms with E-state index in [0.717, 1.165) is 49.4 Å². The van der Waals surface area contributed by atoms with E-state index >= 15 is 0 Å². The van der Waals surface area contributed by atoms with E-state index in [4.69, 9.17) is 15.0 Å². The largest absolute Gasteiger partial charge is 0.309 e. The minimum absolute atomic E-state index is 0.575. The standard InChI is InChI=1S/C55H33N5/c1-3-19-35(20-4-1)53-56-54(42-31-17-21-34-18-7-8-24-37(34)42)58-55(57-53)60-46-33-16-14-30-44(46)50-48-39-26-10-9-25-38(39)47-43-29-13-15-32-45(43)59(36-22-5-2-6-23-36)52(47)49(48)40-27-11-12-28-41(40)51(50)60/h1-33H. The molecule has 0 bridgehead atoms. The van der Waals surface area contributed by atoms with Crippen molar-refractivity contribution in [2.45, 2.75) is 0 Å². The maximum Gasteiger partial charge on any atom is 0.238 e. The smallest absolute Gasteiger partial charge is 0.238 e. The van der Waals surface area contributed by atoms with Gasteiger partial charge in [-0.25, -0.2) is 4.98 Å². The third-order valence-electron chi connectivity index (χ3n) is 12.3. The van der Waals surface area contributed by atoms with Crippen LogP contribution in [0.15, 0.2) is 200 Å². The first kappa shape index (κ1) is 32.9. The van der Waals surface area contributed by atoms with Gasteiger partial charge >= 0.3 is 0 Å². The molecule has 0 unspecified atom stereocenters. The third-order valence-corrected chi connectivity index (χ3v) is 12.3. The van der Waals surface area contributed by atoms with Crippen molar-refractivity contribution in [2.24, 2.45) is 0 Å². The number of nitrogens with zero attached hydrogens (tertiary/aromatic N) is 5. The van der Waals surface area contributed by atoms with Crippen molar-refractivity contribution in [3.8, 4) is 34.4 Å². The molecule has 0 fully saturated rings. The van der Waals surface area contributed by atoms with Gasteiger partial charge in [0.1, 0.15) is 0 Å². The summed E-state index contributed by atoms with van der Waals surface area (Å²) in [6.45, 7) is 0. The van der Waals surface area contributed by atoms with Crippen molar-refractivity contribution in [1.29, 1.82) is 0 Å². The fourth-order valence-electron chi connectivity index (χ4n) is 9.87. The lowest BCUT2D eigenvalue weighted by atomic mass is 9.90. The van der Waals surface area contributed by atoms with Crippen LogP contribution in [0.4, 0.5) is 0 Å². The predicted molar refractivity (Wildman–Crippen MR) is 249 cm³/mol. The van der Waals surface area contributed by atoms with E-state index in [9.17, 15) is 0 Å². The normalized spacial score (nSPS) is 12.0. The maximum absolute atomic E-state index is 5.44. The molecule has 5 nitrogen and oxygen atoms in total. The average molecular weight is 764 g/mol. The molecule has 0 aliphatic carbocycles. The Kier molecular flexibility index (Phi) is 6.95. The van der Waals surface area contributed by atoms with Gasteiger partial charge < -0.3 is 4.57 Å². The van der Waals surface area contributed by atoms with Crippen LogP contribution in [-0.4, -0.2) is 24.1 Å². The van der Waals surface area contributed by atoms with Crippen LogP contribution in [0.5, 0.6) is 0 Å². The number of benzene rings is 10. The van der Waals surface area contributed by atoms with Gasteiger partial charge in [-0.1, -0.05) is 176 Å². The van der Waals surface area contributed by atoms with Gasteiger partial charge in [-0.2, -0.15) is 9.97 Å². The van der Waals surface area contributed by atoms with Gasteiger partial charge in [-0.3, -0.25) is 4.57 Å². The number of hydrogen-bond donors (Lipinski definition) is 0. The Balaban J connectivity index is 1.27. The summed E-state index contributed by atoms with van der Waals surface area (Å²) in [5.41, 5.74) is 7.52. The highest BCUT2D eigenvalue weighted by molar-refractivity contribution is 6.44. The zero-order valence-corrected chi connectivity index (χ0v) is 32.3. The molecule has 0 saturated carbocycles. The molecule has 0 atom stereocenters. The topological polar surface area (TPSA) is 48.5 Å². The second-order valence-electron chi connectivity index (χ2n) is 15.5. The van der Waals surface area contributed by atoms with Crippen LogP contribution in [0.25, 0.3) is 121 Å². The minimum Gasteiger partial charge on any atom is -0.309 e. The van der Waals surface area contributed by atoms with E-state index in [1.807, 2.05) is 18.2 Å². The number of para-hydroxylation sites is 3. The summed E-state index contributed by atoms with van der Waals surface area (Å²) in [7, 11) is 0. The van der Waals surface area contributed by atoms with Gasteiger partial charge in [-0.05, 0) is 51.2 Å². The van der Waals surface area contributed by atoms with Crippen LogP contribution in [0.1, 0.15) is 0 Å². The molecular weight excluding hydrogens is 731 g/mol. The molecule has 0 spiro atoms. The molecule has 60 heavy (non-hydrogen) atoms. The van der Waals surface area contributed by atoms with E-state index in [-0.39, 0.29) is 0 Å². The van der Waals surface area contributed by atoms with Crippen molar-refractivity contribution in [3.05, 3.63) is 200 Å². The Morgan fingerprint density at radius 2 is 0.800 bits per heavy atom. The molecule has 0 saturated heterocycles. The molecule has 5 heteroatoms. The number of hydrogen-bond acceptors (Lipinski definition) is 3. The highest BCUT2D eigenvalue weighted by Crippen LogP contribution is 2.50. The molecule has 0 amide bonds. The van der Waals surface area contributed by atoms with Crippen LogP contribution in [-0.2, 0) is 0 Å². The summed E-state index contributed by atoms with van der Waals surface area (Å²) in [5.74, 6) is 1.83. The molecule has 0 aliphatic rings. The first-order valence-corrected chi connectivity index (χ1v) is 20.4. The molecular formula is C55H33N5. The molecule has 10 aromatic carbocycles. The molecule has 13 aromatic rings. The van der Waals surface area contributed by atoms with Crippen LogP contribution in [0, 0.1) is 0 Å². The molecule has 278 valence electrons. The van der Waals surface area contributed by atoms with E-state index in [1.165, 1.54) is 54.1 Å². The predicted octanol–water partition coefficient (Wildman–Crippen LogP) is 14.0. The lowest BCUT2D eigenvalue weighted by Crippen LogP contribution is -2.07. The maximum atomic E-state index is 5.44. The van der Waals surface area contributed by atoms with Crippen molar-refractivity contribution in [3.63, 3.8) is 0 Å². The number of fused-ring (bicyclic) bond motifs is 16. The summed E-state index contributed by atoms with van der Waals surface area (Å²) in [6, 6.07) is 71.3. The van der Waals surface area contributed by atoms with Crippen LogP contribution < -0.4 is 0 Å². The van der Waals surface area contributed by atoms with Crippen LogP contribution >= 0.6 is 0 Å². The molecule has 3 aromatic heterocycles. The van der Waals surface area contributed by atoms with Gasteiger partial charge in [0.15, 0.2) is 11.6 Å². The summed E-state index contributed by atoms with van der Waals surface area (Å²) in [6.07, 6.45) is 0. The fraction of sp³-hybridized carbons (Fsp3) is 0. The Morgan fingerprint density at radius 1 is 0.300 bits per heavy atom. The number of aromatic nitrogens is 5. The van der Waals surface area contributed by atoms with E-state index < -0.39 is 0 Å². The van der Waals surface area contributed by atoms with Crippen LogP contribution in [0.2, 0.25) is 0 Å². The molecule has 0 radical (unpaired) electrons. The zero-order valence-electron chi connectivity index (χ0n) is 32.3. The quantitative estimate of drug-likeness (QED) is 0.168. The summed E-state index contributed by atoms with van der Waals surface area (Å²) in [5, 5.41) is 14.2. The van der Waals surface area contributed by atoms with Gasteiger partial charge in [0.25, 0.3) is 0 Å². The van der Waals surface area contributed by atoms with Gasteiger partial charge in [-0.15, -0.1) is 0 Å². The Hall–Kier alpha value is -8.15. The zero-order chi connectivity index (χ0) is 39.3. The molecule has 3 heterocycles. The fourth-order valence-corrected chi connectivity index (χ4v) is 9.87. The van der Waals surface area contributed by atoms with E-state index in [0.29, 0.717) is 17.6 Å². The monoisotopic (exact) mass is 763 g/mol. The highest BCUT2D eigenvalue weighted by Gasteiger charge is 2.27. The van der Waals surface area contributed by atoms with Crippen molar-refractivity contribution >= 4 is 86.7 Å². The van der Waals surface area contributed by atoms with E-state index in [1.54, 1.807) is 0 Å². The average Bonchev–Trinajstić information content (AvgIpc) is 3.86. The first-order chi connectivity index (χ1) is 29.8. The summed E-state index contributed by atoms with van der Waals surface area (Å²) in [4.78, 5) is 16.0. The Morgan fingerprint density at radius 3 is 1.53 bits per heavy atom.